The van der Waals surface area contributed by atoms with Crippen molar-refractivity contribution in [3.05, 3.63) is 23.7 Å². The molecule has 2 atom stereocenters. The summed E-state index contributed by atoms with van der Waals surface area (Å²) in [6, 6.07) is 4.19. The highest BCUT2D eigenvalue weighted by Gasteiger charge is 2.31. The van der Waals surface area contributed by atoms with Crippen molar-refractivity contribution in [1.29, 1.82) is 0 Å². The van der Waals surface area contributed by atoms with Crippen LogP contribution in [-0.2, 0) is 9.59 Å². The van der Waals surface area contributed by atoms with E-state index < -0.39 is 0 Å². The van der Waals surface area contributed by atoms with Crippen molar-refractivity contribution in [1.82, 2.24) is 9.80 Å². The lowest BCUT2D eigenvalue weighted by Gasteiger charge is -2.34. The van der Waals surface area contributed by atoms with E-state index in [0.717, 1.165) is 56.7 Å². The molecule has 6 nitrogen and oxygen atoms in total. The molecular formula is C19H29N3O3. The maximum atomic E-state index is 12.8. The number of carbonyl (C=O) groups is 2. The van der Waals surface area contributed by atoms with Gasteiger partial charge in [0, 0.05) is 13.1 Å². The third kappa shape index (κ3) is 4.42. The van der Waals surface area contributed by atoms with Gasteiger partial charge in [-0.1, -0.05) is 12.8 Å². The zero-order valence-electron chi connectivity index (χ0n) is 15.1. The molecule has 25 heavy (non-hydrogen) atoms. The Bertz CT molecular complexity index is 613. The van der Waals surface area contributed by atoms with E-state index in [4.69, 9.17) is 10.2 Å². The second-order valence-electron chi connectivity index (χ2n) is 7.37. The van der Waals surface area contributed by atoms with Crippen molar-refractivity contribution >= 4 is 11.8 Å². The molecule has 2 N–H and O–H groups in total. The number of likely N-dealkylation sites (tertiary alicyclic amines) is 2. The predicted octanol–water partition coefficient (Wildman–Crippen LogP) is 2.23. The Morgan fingerprint density at radius 1 is 1.16 bits per heavy atom. The number of hydrogen-bond acceptors (Lipinski definition) is 4. The molecule has 0 spiro atoms. The van der Waals surface area contributed by atoms with Gasteiger partial charge in [0.15, 0.2) is 0 Å². The Hall–Kier alpha value is -1.82. The molecule has 0 radical (unpaired) electrons. The van der Waals surface area contributed by atoms with E-state index in [1.165, 1.54) is 6.42 Å². The number of nitrogens with zero attached hydrogens (tertiary/aromatic N) is 2. The second kappa shape index (κ2) is 8.04. The van der Waals surface area contributed by atoms with Crippen LogP contribution in [0.5, 0.6) is 0 Å². The molecule has 0 aliphatic carbocycles. The molecule has 3 rings (SSSR count). The highest BCUT2D eigenvalue weighted by atomic mass is 16.3. The van der Waals surface area contributed by atoms with E-state index >= 15 is 0 Å². The summed E-state index contributed by atoms with van der Waals surface area (Å²) in [6.07, 6.45) is 6.10. The van der Waals surface area contributed by atoms with Gasteiger partial charge in [-0.3, -0.25) is 14.5 Å². The molecule has 0 aromatic carbocycles. The summed E-state index contributed by atoms with van der Waals surface area (Å²) in [7, 11) is 0. The predicted molar refractivity (Wildman–Crippen MR) is 94.7 cm³/mol. The lowest BCUT2D eigenvalue weighted by Crippen LogP contribution is -2.48. The number of nitrogens with two attached hydrogens (primary N) is 1. The van der Waals surface area contributed by atoms with E-state index in [1.54, 1.807) is 0 Å². The van der Waals surface area contributed by atoms with Crippen molar-refractivity contribution < 1.29 is 14.0 Å². The van der Waals surface area contributed by atoms with Gasteiger partial charge < -0.3 is 15.1 Å². The number of primary amides is 1. The molecule has 0 bridgehead atoms. The first-order valence-electron chi connectivity index (χ1n) is 9.42. The summed E-state index contributed by atoms with van der Waals surface area (Å²) < 4.78 is 5.86. The normalized spacial score (nSPS) is 25.6. The first kappa shape index (κ1) is 18.0. The average Bonchev–Trinajstić information content (AvgIpc) is 2.90. The van der Waals surface area contributed by atoms with Crippen LogP contribution < -0.4 is 5.73 Å². The standard InChI is InChI=1S/C19H29N3O3/c1-14-8-9-17(25-14)16-7-3-2-4-10-21(16)13-18(23)22-11-5-6-15(12-22)19(20)24/h8-9,15-16H,2-7,10-13H2,1H3,(H2,20,24)/t15-,16-/m0/s1. The summed E-state index contributed by atoms with van der Waals surface area (Å²) in [5.41, 5.74) is 5.44. The number of aryl methyl sites for hydroxylation is 1. The van der Waals surface area contributed by atoms with Gasteiger partial charge in [0.2, 0.25) is 11.8 Å². The van der Waals surface area contributed by atoms with Crippen molar-refractivity contribution in [3.8, 4) is 0 Å². The van der Waals surface area contributed by atoms with Gasteiger partial charge in [0.25, 0.3) is 0 Å². The molecular weight excluding hydrogens is 318 g/mol. The molecule has 2 aliphatic rings. The Labute approximate surface area is 149 Å². The molecule has 2 fully saturated rings. The Balaban J connectivity index is 1.67. The maximum Gasteiger partial charge on any atom is 0.236 e. The largest absolute Gasteiger partial charge is 0.465 e. The quantitative estimate of drug-likeness (QED) is 0.906. The first-order chi connectivity index (χ1) is 12.0. The zero-order chi connectivity index (χ0) is 17.8. The molecule has 6 heteroatoms. The van der Waals surface area contributed by atoms with Crippen LogP contribution in [0.4, 0.5) is 0 Å². The van der Waals surface area contributed by atoms with Gasteiger partial charge in [-0.25, -0.2) is 0 Å². The molecule has 2 aliphatic heterocycles. The highest BCUT2D eigenvalue weighted by molar-refractivity contribution is 5.81. The van der Waals surface area contributed by atoms with Crippen molar-refractivity contribution in [2.45, 2.75) is 51.5 Å². The summed E-state index contributed by atoms with van der Waals surface area (Å²) >= 11 is 0. The van der Waals surface area contributed by atoms with Crippen LogP contribution >= 0.6 is 0 Å². The van der Waals surface area contributed by atoms with Crippen LogP contribution in [0.3, 0.4) is 0 Å². The van der Waals surface area contributed by atoms with Gasteiger partial charge in [-0.2, -0.15) is 0 Å². The first-order valence-corrected chi connectivity index (χ1v) is 9.42. The minimum atomic E-state index is -0.295. The minimum absolute atomic E-state index is 0.0983. The van der Waals surface area contributed by atoms with Gasteiger partial charge in [-0.15, -0.1) is 0 Å². The van der Waals surface area contributed by atoms with Crippen molar-refractivity contribution in [3.63, 3.8) is 0 Å². The van der Waals surface area contributed by atoms with E-state index in [2.05, 4.69) is 4.90 Å². The molecule has 2 saturated heterocycles. The van der Waals surface area contributed by atoms with E-state index in [9.17, 15) is 9.59 Å². The summed E-state index contributed by atoms with van der Waals surface area (Å²) in [5.74, 6) is 1.47. The summed E-state index contributed by atoms with van der Waals surface area (Å²) in [6.45, 7) is 4.43. The maximum absolute atomic E-state index is 12.8. The lowest BCUT2D eigenvalue weighted by atomic mass is 9.97. The third-order valence-electron chi connectivity index (χ3n) is 5.47. The van der Waals surface area contributed by atoms with Crippen molar-refractivity contribution in [2.75, 3.05) is 26.2 Å². The summed E-state index contributed by atoms with van der Waals surface area (Å²) in [4.78, 5) is 28.4. The zero-order valence-corrected chi connectivity index (χ0v) is 15.1. The van der Waals surface area contributed by atoms with E-state index in [0.29, 0.717) is 13.1 Å². The van der Waals surface area contributed by atoms with Crippen LogP contribution in [0.25, 0.3) is 0 Å². The second-order valence-corrected chi connectivity index (χ2v) is 7.37. The van der Waals surface area contributed by atoms with E-state index in [1.807, 2.05) is 24.0 Å². The average molecular weight is 347 g/mol. The number of hydrogen-bond donors (Lipinski definition) is 1. The van der Waals surface area contributed by atoms with Crippen LogP contribution in [0.15, 0.2) is 16.5 Å². The SMILES string of the molecule is Cc1ccc([C@@H]2CCCCCN2CC(=O)N2CCC[C@H](C(N)=O)C2)o1. The number of amides is 2. The van der Waals surface area contributed by atoms with Gasteiger partial charge >= 0.3 is 0 Å². The molecule has 3 heterocycles. The number of piperidine rings is 1. The fourth-order valence-electron chi connectivity index (χ4n) is 4.02. The molecule has 2 amide bonds. The fourth-order valence-corrected chi connectivity index (χ4v) is 4.02. The number of rotatable bonds is 4. The summed E-state index contributed by atoms with van der Waals surface area (Å²) in [5, 5.41) is 0. The fraction of sp³-hybridized carbons (Fsp3) is 0.684. The third-order valence-corrected chi connectivity index (χ3v) is 5.47. The van der Waals surface area contributed by atoms with Crippen LogP contribution in [0.2, 0.25) is 0 Å². The van der Waals surface area contributed by atoms with Gasteiger partial charge in [0.05, 0.1) is 18.5 Å². The molecule has 0 saturated carbocycles. The van der Waals surface area contributed by atoms with E-state index in [-0.39, 0.29) is 23.8 Å². The van der Waals surface area contributed by atoms with Gasteiger partial charge in [0.1, 0.15) is 11.5 Å². The van der Waals surface area contributed by atoms with Crippen LogP contribution in [0, 0.1) is 12.8 Å². The Morgan fingerprint density at radius 3 is 2.72 bits per heavy atom. The number of furan rings is 1. The molecule has 1 aromatic rings. The van der Waals surface area contributed by atoms with Crippen LogP contribution in [-0.4, -0.2) is 47.8 Å². The monoisotopic (exact) mass is 347 g/mol. The van der Waals surface area contributed by atoms with Gasteiger partial charge in [-0.05, 0) is 51.3 Å². The lowest BCUT2D eigenvalue weighted by molar-refractivity contribution is -0.136. The highest BCUT2D eigenvalue weighted by Crippen LogP contribution is 2.31. The minimum Gasteiger partial charge on any atom is -0.465 e. The smallest absolute Gasteiger partial charge is 0.236 e. The van der Waals surface area contributed by atoms with Crippen molar-refractivity contribution in [2.24, 2.45) is 11.7 Å². The molecule has 138 valence electrons. The molecule has 0 unspecified atom stereocenters. The number of carbonyl (C=O) groups excluding carboxylic acids is 2. The van der Waals surface area contributed by atoms with Crippen LogP contribution in [0.1, 0.15) is 56.1 Å². The Kier molecular flexibility index (Phi) is 5.78. The Morgan fingerprint density at radius 2 is 2.00 bits per heavy atom. The topological polar surface area (TPSA) is 79.8 Å². The molecule has 1 aromatic heterocycles.